The van der Waals surface area contributed by atoms with Gasteiger partial charge >= 0.3 is 0 Å². The van der Waals surface area contributed by atoms with Gasteiger partial charge < -0.3 is 9.47 Å². The Balaban J connectivity index is 1.59. The Morgan fingerprint density at radius 1 is 0.852 bits per heavy atom. The lowest BCUT2D eigenvalue weighted by Crippen LogP contribution is -2.24. The van der Waals surface area contributed by atoms with E-state index in [9.17, 15) is 4.39 Å². The Hall–Kier alpha value is -2.65. The lowest BCUT2D eigenvalue weighted by Gasteiger charge is -2.25. The fraction of sp³-hybridized carbons (Fsp3) is 0.250. The van der Waals surface area contributed by atoms with Gasteiger partial charge in [0.05, 0.1) is 13.2 Å². The highest BCUT2D eigenvalue weighted by atomic mass is 19.1. The zero-order valence-electron chi connectivity index (χ0n) is 16.0. The van der Waals surface area contributed by atoms with Crippen LogP contribution in [-0.2, 0) is 16.8 Å². The molecule has 0 saturated carbocycles. The zero-order chi connectivity index (χ0) is 19.3. The van der Waals surface area contributed by atoms with E-state index in [4.69, 9.17) is 9.47 Å². The molecular formula is C24H25FO2. The summed E-state index contributed by atoms with van der Waals surface area (Å²) in [5.41, 5.74) is 2.36. The highest BCUT2D eigenvalue weighted by molar-refractivity contribution is 5.34. The molecule has 0 spiro atoms. The summed E-state index contributed by atoms with van der Waals surface area (Å²) in [6.07, 6.45) is 0. The van der Waals surface area contributed by atoms with Gasteiger partial charge in [-0.2, -0.15) is 0 Å². The smallest absolute Gasteiger partial charge is 0.127 e. The summed E-state index contributed by atoms with van der Waals surface area (Å²) in [5.74, 6) is 1.41. The van der Waals surface area contributed by atoms with Crippen molar-refractivity contribution in [2.45, 2.75) is 32.8 Å². The van der Waals surface area contributed by atoms with E-state index >= 15 is 0 Å². The van der Waals surface area contributed by atoms with Crippen LogP contribution in [0.1, 0.15) is 30.5 Å². The monoisotopic (exact) mass is 364 g/mol. The Morgan fingerprint density at radius 2 is 1.59 bits per heavy atom. The van der Waals surface area contributed by atoms with Crippen LogP contribution in [0.15, 0.2) is 72.8 Å². The molecule has 0 atom stereocenters. The van der Waals surface area contributed by atoms with Gasteiger partial charge in [0.15, 0.2) is 0 Å². The maximum atomic E-state index is 13.9. The van der Waals surface area contributed by atoms with Gasteiger partial charge in [0.1, 0.15) is 17.3 Å². The van der Waals surface area contributed by atoms with Crippen molar-refractivity contribution in [3.05, 3.63) is 95.3 Å². The molecule has 0 fully saturated rings. The van der Waals surface area contributed by atoms with Crippen molar-refractivity contribution >= 4 is 0 Å². The van der Waals surface area contributed by atoms with Crippen LogP contribution in [0.4, 0.5) is 4.39 Å². The molecule has 3 heteroatoms. The van der Waals surface area contributed by atoms with E-state index in [1.807, 2.05) is 66.7 Å². The summed E-state index contributed by atoms with van der Waals surface area (Å²) in [6, 6.07) is 22.9. The van der Waals surface area contributed by atoms with Crippen molar-refractivity contribution in [1.82, 2.24) is 0 Å². The van der Waals surface area contributed by atoms with E-state index in [0.29, 0.717) is 18.8 Å². The minimum atomic E-state index is -0.271. The van der Waals surface area contributed by atoms with Crippen molar-refractivity contribution < 1.29 is 13.9 Å². The quantitative estimate of drug-likeness (QED) is 0.481. The van der Waals surface area contributed by atoms with Gasteiger partial charge in [-0.3, -0.25) is 0 Å². The summed E-state index contributed by atoms with van der Waals surface area (Å²) in [6.45, 7) is 6.87. The van der Waals surface area contributed by atoms with E-state index < -0.39 is 0 Å². The summed E-state index contributed by atoms with van der Waals surface area (Å²) < 4.78 is 25.7. The largest absolute Gasteiger partial charge is 0.457 e. The Bertz CT molecular complexity index is 888. The highest BCUT2D eigenvalue weighted by Crippen LogP contribution is 2.26. The first-order valence-corrected chi connectivity index (χ1v) is 9.10. The van der Waals surface area contributed by atoms with Crippen LogP contribution in [0.2, 0.25) is 0 Å². The fourth-order valence-electron chi connectivity index (χ4n) is 2.84. The normalized spacial score (nSPS) is 11.4. The molecule has 0 aliphatic rings. The number of halogens is 1. The zero-order valence-corrected chi connectivity index (χ0v) is 16.0. The van der Waals surface area contributed by atoms with Gasteiger partial charge in [-0.25, -0.2) is 4.39 Å². The summed E-state index contributed by atoms with van der Waals surface area (Å²) in [7, 11) is 0. The maximum absolute atomic E-state index is 13.9. The Morgan fingerprint density at radius 3 is 2.33 bits per heavy atom. The van der Waals surface area contributed by atoms with Crippen LogP contribution in [0, 0.1) is 12.7 Å². The van der Waals surface area contributed by atoms with E-state index in [1.165, 1.54) is 0 Å². The highest BCUT2D eigenvalue weighted by Gasteiger charge is 2.22. The molecule has 0 N–H and O–H groups in total. The topological polar surface area (TPSA) is 18.5 Å². The first-order valence-electron chi connectivity index (χ1n) is 9.10. The van der Waals surface area contributed by atoms with Gasteiger partial charge in [0.2, 0.25) is 0 Å². The van der Waals surface area contributed by atoms with Gasteiger partial charge in [0.25, 0.3) is 0 Å². The lowest BCUT2D eigenvalue weighted by atomic mass is 9.85. The molecule has 3 rings (SSSR count). The molecule has 0 aromatic heterocycles. The molecule has 0 amide bonds. The minimum absolute atomic E-state index is 0.175. The summed E-state index contributed by atoms with van der Waals surface area (Å²) in [4.78, 5) is 0. The van der Waals surface area contributed by atoms with Crippen LogP contribution in [-0.4, -0.2) is 6.61 Å². The van der Waals surface area contributed by atoms with E-state index in [2.05, 4.69) is 13.8 Å². The molecular weight excluding hydrogens is 339 g/mol. The lowest BCUT2D eigenvalue weighted by molar-refractivity contribution is 0.0823. The second-order valence-corrected chi connectivity index (χ2v) is 7.40. The Labute approximate surface area is 160 Å². The second-order valence-electron chi connectivity index (χ2n) is 7.40. The summed E-state index contributed by atoms with van der Waals surface area (Å²) in [5, 5.41) is 0. The van der Waals surface area contributed by atoms with Crippen LogP contribution in [0.25, 0.3) is 0 Å². The number of para-hydroxylation sites is 1. The average molecular weight is 364 g/mol. The number of benzene rings is 3. The third-order valence-corrected chi connectivity index (χ3v) is 4.56. The molecule has 2 nitrogen and oxygen atoms in total. The molecule has 0 aliphatic carbocycles. The molecule has 3 aromatic carbocycles. The first kappa shape index (κ1) is 19.1. The molecule has 0 unspecified atom stereocenters. The molecule has 0 aliphatic heterocycles. The third kappa shape index (κ3) is 5.18. The SMILES string of the molecule is Cc1ccc(C(C)(C)COCc2cccc(Oc3ccccc3)c2)cc1F. The Kier molecular flexibility index (Phi) is 5.92. The van der Waals surface area contributed by atoms with Crippen LogP contribution in [0.3, 0.4) is 0 Å². The second kappa shape index (κ2) is 8.36. The van der Waals surface area contributed by atoms with Gasteiger partial charge in [0, 0.05) is 5.41 Å². The van der Waals surface area contributed by atoms with Crippen LogP contribution in [0.5, 0.6) is 11.5 Å². The third-order valence-electron chi connectivity index (χ3n) is 4.56. The van der Waals surface area contributed by atoms with Gasteiger partial charge in [-0.15, -0.1) is 0 Å². The predicted molar refractivity (Wildman–Crippen MR) is 107 cm³/mol. The van der Waals surface area contributed by atoms with Crippen molar-refractivity contribution in [2.24, 2.45) is 0 Å². The number of hydrogen-bond acceptors (Lipinski definition) is 2. The number of hydrogen-bond donors (Lipinski definition) is 0. The fourth-order valence-corrected chi connectivity index (χ4v) is 2.84. The molecule has 0 heterocycles. The summed E-state index contributed by atoms with van der Waals surface area (Å²) >= 11 is 0. The predicted octanol–water partition coefficient (Wildman–Crippen LogP) is 6.42. The van der Waals surface area contributed by atoms with Crippen LogP contribution < -0.4 is 4.74 Å². The van der Waals surface area contributed by atoms with Crippen molar-refractivity contribution in [1.29, 1.82) is 0 Å². The van der Waals surface area contributed by atoms with Gasteiger partial charge in [-0.05, 0) is 53.9 Å². The maximum Gasteiger partial charge on any atom is 0.127 e. The van der Waals surface area contributed by atoms with Crippen molar-refractivity contribution in [2.75, 3.05) is 6.61 Å². The molecule has 3 aromatic rings. The molecule has 0 saturated heterocycles. The standard InChI is InChI=1S/C24H25FO2/c1-18-12-13-20(15-23(18)25)24(2,3)17-26-16-19-8-7-11-22(14-19)27-21-9-5-4-6-10-21/h4-15H,16-17H2,1-3H3. The molecule has 0 bridgehead atoms. The van der Waals surface area contributed by atoms with E-state index in [-0.39, 0.29) is 11.2 Å². The van der Waals surface area contributed by atoms with E-state index in [1.54, 1.807) is 13.0 Å². The molecule has 140 valence electrons. The molecule has 27 heavy (non-hydrogen) atoms. The minimum Gasteiger partial charge on any atom is -0.457 e. The molecule has 0 radical (unpaired) electrons. The first-order chi connectivity index (χ1) is 12.9. The number of ether oxygens (including phenoxy) is 2. The van der Waals surface area contributed by atoms with Crippen molar-refractivity contribution in [3.63, 3.8) is 0 Å². The number of rotatable bonds is 7. The number of aryl methyl sites for hydroxylation is 1. The van der Waals surface area contributed by atoms with Crippen LogP contribution >= 0.6 is 0 Å². The van der Waals surface area contributed by atoms with Gasteiger partial charge in [-0.1, -0.05) is 56.3 Å². The van der Waals surface area contributed by atoms with Crippen molar-refractivity contribution in [3.8, 4) is 11.5 Å². The average Bonchev–Trinajstić information content (AvgIpc) is 2.65. The van der Waals surface area contributed by atoms with E-state index in [0.717, 1.165) is 22.6 Å².